The Hall–Kier alpha value is -0.280. The fraction of sp³-hybridized carbons (Fsp3) is 0.900. The highest BCUT2D eigenvalue weighted by atomic mass is 35.5. The average molecular weight is 222 g/mol. The lowest BCUT2D eigenvalue weighted by molar-refractivity contribution is -0.131. The lowest BCUT2D eigenvalue weighted by Crippen LogP contribution is -2.37. The minimum Gasteiger partial charge on any atom is -0.366 e. The van der Waals surface area contributed by atoms with Crippen LogP contribution in [0.2, 0.25) is 0 Å². The summed E-state index contributed by atoms with van der Waals surface area (Å²) in [6, 6.07) is 0.114. The molecule has 0 aromatic heterocycles. The van der Waals surface area contributed by atoms with E-state index < -0.39 is 0 Å². The lowest BCUT2D eigenvalue weighted by atomic mass is 10.2. The van der Waals surface area contributed by atoms with Gasteiger partial charge in [0.05, 0.1) is 5.60 Å². The van der Waals surface area contributed by atoms with E-state index in [-0.39, 0.29) is 24.2 Å². The van der Waals surface area contributed by atoms with Gasteiger partial charge in [-0.3, -0.25) is 4.79 Å². The Morgan fingerprint density at radius 2 is 2.07 bits per heavy atom. The predicted octanol–water partition coefficient (Wildman–Crippen LogP) is 1.94. The zero-order valence-electron chi connectivity index (χ0n) is 9.39. The molecule has 1 atom stereocenters. The van der Waals surface area contributed by atoms with Crippen molar-refractivity contribution in [2.75, 3.05) is 12.5 Å². The minimum absolute atomic E-state index is 0.0856. The van der Waals surface area contributed by atoms with Gasteiger partial charge in [-0.1, -0.05) is 0 Å². The van der Waals surface area contributed by atoms with Gasteiger partial charge in [-0.05, 0) is 34.1 Å². The largest absolute Gasteiger partial charge is 0.366 e. The summed E-state index contributed by atoms with van der Waals surface area (Å²) in [5, 5.41) is 2.80. The molecule has 0 aromatic carbocycles. The van der Waals surface area contributed by atoms with E-state index in [2.05, 4.69) is 5.32 Å². The van der Waals surface area contributed by atoms with Crippen LogP contribution in [0.25, 0.3) is 0 Å². The first-order valence-electron chi connectivity index (χ1n) is 4.84. The molecule has 0 aliphatic heterocycles. The first-order valence-corrected chi connectivity index (χ1v) is 5.38. The van der Waals surface area contributed by atoms with Crippen molar-refractivity contribution in [2.24, 2.45) is 0 Å². The molecular formula is C10H20ClNO2. The monoisotopic (exact) mass is 221 g/mol. The number of hydrogen-bond acceptors (Lipinski definition) is 2. The maximum absolute atomic E-state index is 11.3. The summed E-state index contributed by atoms with van der Waals surface area (Å²) in [6.45, 7) is 7.79. The summed E-state index contributed by atoms with van der Waals surface area (Å²) in [7, 11) is 0. The molecule has 0 saturated heterocycles. The molecule has 0 aromatic rings. The normalized spacial score (nSPS) is 13.8. The molecule has 1 N–H and O–H groups in total. The molecule has 0 bridgehead atoms. The van der Waals surface area contributed by atoms with Gasteiger partial charge in [0, 0.05) is 11.9 Å². The molecule has 0 rings (SSSR count). The molecule has 4 heteroatoms. The van der Waals surface area contributed by atoms with Gasteiger partial charge in [-0.25, -0.2) is 0 Å². The van der Waals surface area contributed by atoms with Gasteiger partial charge in [-0.2, -0.15) is 0 Å². The third kappa shape index (κ3) is 8.32. The highest BCUT2D eigenvalue weighted by Gasteiger charge is 2.13. The molecule has 84 valence electrons. The van der Waals surface area contributed by atoms with Crippen LogP contribution in [-0.2, 0) is 9.53 Å². The third-order valence-electron chi connectivity index (χ3n) is 1.59. The Balaban J connectivity index is 3.65. The predicted molar refractivity (Wildman–Crippen MR) is 58.6 cm³/mol. The van der Waals surface area contributed by atoms with Crippen molar-refractivity contribution in [2.45, 2.75) is 45.8 Å². The second kappa shape index (κ2) is 6.25. The number of ether oxygens (including phenoxy) is 1. The van der Waals surface area contributed by atoms with Gasteiger partial charge in [-0.15, -0.1) is 11.6 Å². The van der Waals surface area contributed by atoms with E-state index in [1.807, 2.05) is 27.7 Å². The quantitative estimate of drug-likeness (QED) is 0.721. The first kappa shape index (κ1) is 13.7. The van der Waals surface area contributed by atoms with E-state index in [9.17, 15) is 4.79 Å². The van der Waals surface area contributed by atoms with Crippen LogP contribution in [0.1, 0.15) is 34.1 Å². The van der Waals surface area contributed by atoms with Crippen LogP contribution in [-0.4, -0.2) is 30.0 Å². The van der Waals surface area contributed by atoms with Crippen LogP contribution >= 0.6 is 11.6 Å². The number of carbonyl (C=O) groups is 1. The highest BCUT2D eigenvalue weighted by molar-refractivity contribution is 6.17. The van der Waals surface area contributed by atoms with E-state index in [0.717, 1.165) is 6.42 Å². The maximum atomic E-state index is 11.3. The van der Waals surface area contributed by atoms with Crippen molar-refractivity contribution in [3.8, 4) is 0 Å². The number of alkyl halides is 1. The molecule has 1 unspecified atom stereocenters. The maximum Gasteiger partial charge on any atom is 0.246 e. The van der Waals surface area contributed by atoms with Gasteiger partial charge in [0.2, 0.25) is 5.91 Å². The molecule has 0 aliphatic rings. The van der Waals surface area contributed by atoms with Gasteiger partial charge in [0.25, 0.3) is 0 Å². The van der Waals surface area contributed by atoms with Gasteiger partial charge in [0.15, 0.2) is 0 Å². The number of carbonyl (C=O) groups excluding carboxylic acids is 1. The second-order valence-electron chi connectivity index (χ2n) is 4.35. The SMILES string of the molecule is CC(CCCl)NC(=O)COC(C)(C)C. The molecule has 0 aliphatic carbocycles. The van der Waals surface area contributed by atoms with Crippen molar-refractivity contribution >= 4 is 17.5 Å². The molecule has 0 heterocycles. The molecule has 0 fully saturated rings. The Labute approximate surface area is 91.2 Å². The number of amides is 1. The zero-order chi connectivity index (χ0) is 11.2. The van der Waals surface area contributed by atoms with Crippen molar-refractivity contribution in [3.05, 3.63) is 0 Å². The van der Waals surface area contributed by atoms with Crippen LogP contribution in [0.15, 0.2) is 0 Å². The van der Waals surface area contributed by atoms with Crippen molar-refractivity contribution in [1.29, 1.82) is 0 Å². The van der Waals surface area contributed by atoms with Crippen LogP contribution in [0.3, 0.4) is 0 Å². The molecule has 0 saturated carbocycles. The topological polar surface area (TPSA) is 38.3 Å². The summed E-state index contributed by atoms with van der Waals surface area (Å²) in [4.78, 5) is 11.3. The molecule has 1 amide bonds. The summed E-state index contributed by atoms with van der Waals surface area (Å²) in [6.07, 6.45) is 0.781. The van der Waals surface area contributed by atoms with E-state index in [0.29, 0.717) is 5.88 Å². The number of halogens is 1. The van der Waals surface area contributed by atoms with E-state index in [1.165, 1.54) is 0 Å². The Morgan fingerprint density at radius 1 is 1.50 bits per heavy atom. The van der Waals surface area contributed by atoms with Crippen molar-refractivity contribution in [1.82, 2.24) is 5.32 Å². The smallest absolute Gasteiger partial charge is 0.246 e. The lowest BCUT2D eigenvalue weighted by Gasteiger charge is -2.20. The third-order valence-corrected chi connectivity index (χ3v) is 1.80. The van der Waals surface area contributed by atoms with Crippen LogP contribution < -0.4 is 5.32 Å². The zero-order valence-corrected chi connectivity index (χ0v) is 10.1. The van der Waals surface area contributed by atoms with Crippen molar-refractivity contribution < 1.29 is 9.53 Å². The van der Waals surface area contributed by atoms with Gasteiger partial charge < -0.3 is 10.1 Å². The first-order chi connectivity index (χ1) is 6.35. The van der Waals surface area contributed by atoms with Crippen LogP contribution in [0.4, 0.5) is 0 Å². The summed E-state index contributed by atoms with van der Waals surface area (Å²) < 4.78 is 5.33. The number of hydrogen-bond donors (Lipinski definition) is 1. The van der Waals surface area contributed by atoms with Crippen molar-refractivity contribution in [3.63, 3.8) is 0 Å². The van der Waals surface area contributed by atoms with E-state index >= 15 is 0 Å². The Morgan fingerprint density at radius 3 is 2.50 bits per heavy atom. The van der Waals surface area contributed by atoms with Crippen LogP contribution in [0, 0.1) is 0 Å². The van der Waals surface area contributed by atoms with Crippen LogP contribution in [0.5, 0.6) is 0 Å². The second-order valence-corrected chi connectivity index (χ2v) is 4.73. The summed E-state index contributed by atoms with van der Waals surface area (Å²) in [5.74, 6) is 0.472. The Bertz CT molecular complexity index is 177. The minimum atomic E-state index is -0.271. The fourth-order valence-electron chi connectivity index (χ4n) is 0.834. The molecule has 14 heavy (non-hydrogen) atoms. The molecule has 3 nitrogen and oxygen atoms in total. The summed E-state index contributed by atoms with van der Waals surface area (Å²) in [5.41, 5.74) is -0.271. The highest BCUT2D eigenvalue weighted by Crippen LogP contribution is 2.05. The average Bonchev–Trinajstić information content (AvgIpc) is 2.00. The number of nitrogens with one attached hydrogen (secondary N) is 1. The van der Waals surface area contributed by atoms with E-state index in [4.69, 9.17) is 16.3 Å². The summed E-state index contributed by atoms with van der Waals surface area (Å²) >= 11 is 5.55. The van der Waals surface area contributed by atoms with Gasteiger partial charge >= 0.3 is 0 Å². The standard InChI is InChI=1S/C10H20ClNO2/c1-8(5-6-11)12-9(13)7-14-10(2,3)4/h8H,5-7H2,1-4H3,(H,12,13). The molecule has 0 spiro atoms. The molecular weight excluding hydrogens is 202 g/mol. The fourth-order valence-corrected chi connectivity index (χ4v) is 1.16. The Kier molecular flexibility index (Phi) is 6.12. The van der Waals surface area contributed by atoms with E-state index in [1.54, 1.807) is 0 Å². The number of rotatable bonds is 5. The van der Waals surface area contributed by atoms with Gasteiger partial charge in [0.1, 0.15) is 6.61 Å². The molecule has 0 radical (unpaired) electrons.